The van der Waals surface area contributed by atoms with Crippen molar-refractivity contribution in [1.82, 2.24) is 14.9 Å². The molecular weight excluding hydrogens is 390 g/mol. The number of piperidine rings is 1. The SMILES string of the molecule is COc1ccc(C(=O)N2CCCC[C@@H]2c2ncc(Cc3ccc(Cl)cc3)o2)cn1. The molecule has 3 heterocycles. The quantitative estimate of drug-likeness (QED) is 0.609. The maximum Gasteiger partial charge on any atom is 0.256 e. The van der Waals surface area contributed by atoms with Crippen LogP contribution in [0.3, 0.4) is 0 Å². The molecule has 7 heteroatoms. The van der Waals surface area contributed by atoms with E-state index >= 15 is 0 Å². The van der Waals surface area contributed by atoms with Crippen LogP contribution in [0.5, 0.6) is 5.88 Å². The number of methoxy groups -OCH3 is 1. The van der Waals surface area contributed by atoms with Crippen molar-refractivity contribution in [1.29, 1.82) is 0 Å². The molecule has 2 aromatic heterocycles. The minimum Gasteiger partial charge on any atom is -0.481 e. The molecule has 0 aliphatic carbocycles. The number of ether oxygens (including phenoxy) is 1. The van der Waals surface area contributed by atoms with Gasteiger partial charge in [0.05, 0.1) is 18.9 Å². The third-order valence-electron chi connectivity index (χ3n) is 5.10. The fourth-order valence-electron chi connectivity index (χ4n) is 3.59. The summed E-state index contributed by atoms with van der Waals surface area (Å²) in [4.78, 5) is 23.5. The van der Waals surface area contributed by atoms with Crippen LogP contribution in [0.4, 0.5) is 0 Å². The van der Waals surface area contributed by atoms with Crippen LogP contribution >= 0.6 is 11.6 Å². The Balaban J connectivity index is 1.52. The standard InChI is InChI=1S/C22H22ClN3O3/c1-28-20-10-7-16(13-24-20)22(27)26-11-3-2-4-19(26)21-25-14-18(29-21)12-15-5-8-17(23)9-6-15/h5-10,13-14,19H,2-4,11-12H2,1H3/t19-/m1/s1. The number of hydrogen-bond acceptors (Lipinski definition) is 5. The molecule has 1 aliphatic rings. The number of benzene rings is 1. The predicted octanol–water partition coefficient (Wildman–Crippen LogP) is 4.69. The highest BCUT2D eigenvalue weighted by molar-refractivity contribution is 6.30. The highest BCUT2D eigenvalue weighted by Crippen LogP contribution is 2.32. The van der Waals surface area contributed by atoms with Crippen LogP contribution in [0.1, 0.15) is 52.9 Å². The summed E-state index contributed by atoms with van der Waals surface area (Å²) < 4.78 is 11.1. The number of rotatable bonds is 5. The van der Waals surface area contributed by atoms with Crippen molar-refractivity contribution < 1.29 is 13.9 Å². The van der Waals surface area contributed by atoms with Gasteiger partial charge in [-0.15, -0.1) is 0 Å². The number of hydrogen-bond donors (Lipinski definition) is 0. The van der Waals surface area contributed by atoms with Crippen LogP contribution in [0, 0.1) is 0 Å². The van der Waals surface area contributed by atoms with E-state index in [0.717, 1.165) is 30.6 Å². The Bertz CT molecular complexity index is 970. The third-order valence-corrected chi connectivity index (χ3v) is 5.36. The summed E-state index contributed by atoms with van der Waals surface area (Å²) in [6.45, 7) is 0.671. The Morgan fingerprint density at radius 2 is 2.00 bits per heavy atom. The fourth-order valence-corrected chi connectivity index (χ4v) is 3.71. The highest BCUT2D eigenvalue weighted by atomic mass is 35.5. The Morgan fingerprint density at radius 1 is 1.17 bits per heavy atom. The molecule has 1 fully saturated rings. The lowest BCUT2D eigenvalue weighted by atomic mass is 10.0. The van der Waals surface area contributed by atoms with Gasteiger partial charge in [-0.1, -0.05) is 23.7 Å². The van der Waals surface area contributed by atoms with E-state index in [1.807, 2.05) is 29.2 Å². The Labute approximate surface area is 174 Å². The van der Waals surface area contributed by atoms with Gasteiger partial charge in [0.15, 0.2) is 0 Å². The van der Waals surface area contributed by atoms with Crippen molar-refractivity contribution in [3.8, 4) is 5.88 Å². The zero-order valence-electron chi connectivity index (χ0n) is 16.2. The van der Waals surface area contributed by atoms with E-state index in [2.05, 4.69) is 9.97 Å². The molecular formula is C22H22ClN3O3. The molecule has 6 nitrogen and oxygen atoms in total. The molecule has 1 aliphatic heterocycles. The molecule has 1 amide bonds. The van der Waals surface area contributed by atoms with Crippen molar-refractivity contribution >= 4 is 17.5 Å². The first-order chi connectivity index (χ1) is 14.1. The first-order valence-corrected chi connectivity index (χ1v) is 10.0. The van der Waals surface area contributed by atoms with Crippen molar-refractivity contribution in [2.24, 2.45) is 0 Å². The van der Waals surface area contributed by atoms with Crippen LogP contribution in [-0.4, -0.2) is 34.4 Å². The molecule has 0 spiro atoms. The summed E-state index contributed by atoms with van der Waals surface area (Å²) in [6, 6.07) is 10.9. The van der Waals surface area contributed by atoms with E-state index in [9.17, 15) is 4.79 Å². The largest absolute Gasteiger partial charge is 0.481 e. The van der Waals surface area contributed by atoms with E-state index in [-0.39, 0.29) is 11.9 Å². The summed E-state index contributed by atoms with van der Waals surface area (Å²) in [5.41, 5.74) is 1.63. The minimum atomic E-state index is -0.169. The van der Waals surface area contributed by atoms with Crippen LogP contribution in [0.15, 0.2) is 53.2 Å². The van der Waals surface area contributed by atoms with Gasteiger partial charge in [0.2, 0.25) is 11.8 Å². The molecule has 0 unspecified atom stereocenters. The van der Waals surface area contributed by atoms with Crippen molar-refractivity contribution in [3.63, 3.8) is 0 Å². The molecule has 1 atom stereocenters. The molecule has 0 saturated carbocycles. The number of halogens is 1. The Kier molecular flexibility index (Phi) is 5.81. The second-order valence-corrected chi connectivity index (χ2v) is 7.50. The molecule has 0 radical (unpaired) electrons. The second-order valence-electron chi connectivity index (χ2n) is 7.07. The van der Waals surface area contributed by atoms with Crippen molar-refractivity contribution in [2.45, 2.75) is 31.7 Å². The van der Waals surface area contributed by atoms with Gasteiger partial charge in [-0.2, -0.15) is 0 Å². The van der Waals surface area contributed by atoms with Crippen LogP contribution in [-0.2, 0) is 6.42 Å². The summed E-state index contributed by atoms with van der Waals surface area (Å²) in [5.74, 6) is 1.77. The van der Waals surface area contributed by atoms with Crippen molar-refractivity contribution in [3.05, 3.63) is 76.6 Å². The van der Waals surface area contributed by atoms with Gasteiger partial charge >= 0.3 is 0 Å². The van der Waals surface area contributed by atoms with Gasteiger partial charge in [0, 0.05) is 30.3 Å². The lowest BCUT2D eigenvalue weighted by molar-refractivity contribution is 0.0569. The average Bonchev–Trinajstić information content (AvgIpc) is 3.23. The highest BCUT2D eigenvalue weighted by Gasteiger charge is 2.32. The number of aromatic nitrogens is 2. The minimum absolute atomic E-state index is 0.0673. The molecule has 4 rings (SSSR count). The third kappa shape index (κ3) is 4.43. The average molecular weight is 412 g/mol. The number of amides is 1. The fraction of sp³-hybridized carbons (Fsp3) is 0.318. The van der Waals surface area contributed by atoms with Crippen LogP contribution < -0.4 is 4.74 Å². The summed E-state index contributed by atoms with van der Waals surface area (Å²) in [5, 5.41) is 0.705. The molecule has 0 N–H and O–H groups in total. The Hall–Kier alpha value is -2.86. The van der Waals surface area contributed by atoms with E-state index in [4.69, 9.17) is 20.8 Å². The van der Waals surface area contributed by atoms with Gasteiger partial charge in [-0.3, -0.25) is 4.79 Å². The van der Waals surface area contributed by atoms with E-state index < -0.39 is 0 Å². The zero-order chi connectivity index (χ0) is 20.2. The van der Waals surface area contributed by atoms with Crippen LogP contribution in [0.25, 0.3) is 0 Å². The Morgan fingerprint density at radius 3 is 2.72 bits per heavy atom. The lowest BCUT2D eigenvalue weighted by Gasteiger charge is -2.33. The number of nitrogens with zero attached hydrogens (tertiary/aromatic N) is 3. The molecule has 29 heavy (non-hydrogen) atoms. The molecule has 1 saturated heterocycles. The summed E-state index contributed by atoms with van der Waals surface area (Å²) >= 11 is 5.95. The monoisotopic (exact) mass is 411 g/mol. The maximum atomic E-state index is 13.1. The second kappa shape index (κ2) is 8.66. The van der Waals surface area contributed by atoms with Gasteiger partial charge in [-0.05, 0) is 43.0 Å². The van der Waals surface area contributed by atoms with E-state index in [1.54, 1.807) is 31.6 Å². The van der Waals surface area contributed by atoms with Crippen LogP contribution in [0.2, 0.25) is 5.02 Å². The van der Waals surface area contributed by atoms with Crippen molar-refractivity contribution in [2.75, 3.05) is 13.7 Å². The number of oxazole rings is 1. The summed E-state index contributed by atoms with van der Waals surface area (Å²) in [7, 11) is 1.55. The number of carbonyl (C=O) groups excluding carboxylic acids is 1. The lowest BCUT2D eigenvalue weighted by Crippen LogP contribution is -2.38. The van der Waals surface area contributed by atoms with Gasteiger partial charge in [0.1, 0.15) is 11.8 Å². The predicted molar refractivity (Wildman–Crippen MR) is 109 cm³/mol. The molecule has 0 bridgehead atoms. The first kappa shape index (κ1) is 19.5. The molecule has 1 aromatic carbocycles. The zero-order valence-corrected chi connectivity index (χ0v) is 16.9. The smallest absolute Gasteiger partial charge is 0.256 e. The molecule has 150 valence electrons. The normalized spacial score (nSPS) is 16.6. The maximum absolute atomic E-state index is 13.1. The number of carbonyl (C=O) groups is 1. The van der Waals surface area contributed by atoms with Gasteiger partial charge in [0.25, 0.3) is 5.91 Å². The first-order valence-electron chi connectivity index (χ1n) is 9.64. The summed E-state index contributed by atoms with van der Waals surface area (Å²) in [6.07, 6.45) is 6.75. The van der Waals surface area contributed by atoms with Gasteiger partial charge < -0.3 is 14.1 Å². The van der Waals surface area contributed by atoms with E-state index in [0.29, 0.717) is 35.3 Å². The number of pyridine rings is 1. The number of likely N-dealkylation sites (tertiary alicyclic amines) is 1. The van der Waals surface area contributed by atoms with E-state index in [1.165, 1.54) is 0 Å². The molecule has 3 aromatic rings. The topological polar surface area (TPSA) is 68.5 Å². The van der Waals surface area contributed by atoms with Gasteiger partial charge in [-0.25, -0.2) is 9.97 Å².